The van der Waals surface area contributed by atoms with Gasteiger partial charge in [-0.25, -0.2) is 4.79 Å². The molecule has 1 heterocycles. The monoisotopic (exact) mass is 638 g/mol. The minimum Gasteiger partial charge on any atom is -0.480 e. The van der Waals surface area contributed by atoms with E-state index >= 15 is 0 Å². The Morgan fingerprint density at radius 2 is 1.41 bits per heavy atom. The van der Waals surface area contributed by atoms with Gasteiger partial charge in [-0.2, -0.15) is 0 Å². The minimum atomic E-state index is -1.05. The zero-order chi connectivity index (χ0) is 32.3. The van der Waals surface area contributed by atoms with Gasteiger partial charge in [0.25, 0.3) is 0 Å². The molecule has 6 nitrogen and oxygen atoms in total. The van der Waals surface area contributed by atoms with E-state index in [2.05, 4.69) is 78.0 Å². The van der Waals surface area contributed by atoms with Crippen LogP contribution < -0.4 is 5.32 Å². The fourth-order valence-electron chi connectivity index (χ4n) is 3.69. The van der Waals surface area contributed by atoms with E-state index in [0.29, 0.717) is 24.8 Å². The molecule has 0 saturated heterocycles. The van der Waals surface area contributed by atoms with E-state index in [9.17, 15) is 19.5 Å². The van der Waals surface area contributed by atoms with Crippen molar-refractivity contribution in [2.24, 2.45) is 0 Å². The summed E-state index contributed by atoms with van der Waals surface area (Å²) in [5.41, 5.74) is 0.596. The molecule has 2 N–H and O–H groups in total. The van der Waals surface area contributed by atoms with Gasteiger partial charge in [-0.05, 0) is 77.3 Å². The third kappa shape index (κ3) is 21.6. The highest BCUT2D eigenvalue weighted by Gasteiger charge is 2.24. The molecular weight excluding hydrogens is 589 g/mol. The van der Waals surface area contributed by atoms with Crippen molar-refractivity contribution in [2.75, 3.05) is 5.75 Å². The maximum absolute atomic E-state index is 12.4. The highest BCUT2D eigenvalue weighted by Crippen LogP contribution is 2.39. The molecule has 1 rings (SSSR count). The van der Waals surface area contributed by atoms with E-state index in [1.165, 1.54) is 21.6 Å². The van der Waals surface area contributed by atoms with Crippen molar-refractivity contribution >= 4 is 39.2 Å². The Balaban J connectivity index is 2.18. The van der Waals surface area contributed by atoms with Crippen LogP contribution in [-0.2, 0) is 9.59 Å². The Kier molecular flexibility index (Phi) is 22.3. The lowest BCUT2D eigenvalue weighted by Crippen LogP contribution is -2.42. The van der Waals surface area contributed by atoms with Crippen LogP contribution >= 0.6 is 21.6 Å². The van der Waals surface area contributed by atoms with Crippen LogP contribution in [0.25, 0.3) is 0 Å². The Hall–Kier alpha value is -3.10. The zero-order valence-electron chi connectivity index (χ0n) is 26.5. The fraction of sp³-hybridized carbons (Fsp3) is 0.444. The van der Waals surface area contributed by atoms with E-state index < -0.39 is 12.0 Å². The molecule has 1 aromatic rings. The molecule has 1 aromatic heterocycles. The zero-order valence-corrected chi connectivity index (χ0v) is 28.2. The number of aliphatic carboxylic acids is 1. The van der Waals surface area contributed by atoms with Crippen LogP contribution in [0.15, 0.2) is 97.4 Å². The number of hydrogen-bond acceptors (Lipinski definition) is 6. The average molecular weight is 639 g/mol. The van der Waals surface area contributed by atoms with E-state index in [1.54, 1.807) is 24.5 Å². The standard InChI is InChI=1S/C36H50N2O4S2/c1-4-5-6-7-8-9-10-11-12-13-14-15-16-17-18-19-20-21-22-25-34(40)38-32(35(41)42)30-43-44-36(2,3)27-26-33(39)31-24-23-28-37-29-31/h5-6,8-9,11-12,14-15,17-18,20-21,23-24,28-29,32H,4,7,10,13,16,19,22,25-27,30H2,1-3H3,(H,38,40)(H,41,42)/b6-5-,9-8-,12-11-,15-14-,18-17-,21-20-/t32-/m0/s1. The summed E-state index contributed by atoms with van der Waals surface area (Å²) in [4.78, 5) is 40.4. The van der Waals surface area contributed by atoms with Gasteiger partial charge in [0.15, 0.2) is 5.78 Å². The summed E-state index contributed by atoms with van der Waals surface area (Å²) in [6.45, 7) is 6.20. The largest absolute Gasteiger partial charge is 0.480 e. The van der Waals surface area contributed by atoms with Crippen LogP contribution in [0.2, 0.25) is 0 Å². The number of rotatable bonds is 24. The SMILES string of the molecule is CC/C=C\C/C=C\C/C=C\C/C=C\C/C=C\C/C=C\CCC(=O)N[C@@H](CSSC(C)(C)CCC(=O)c1cccnc1)C(=O)O. The number of Topliss-reactive ketones (excluding diaryl/α,β-unsaturated/α-hetero) is 1. The number of nitrogens with one attached hydrogen (secondary N) is 1. The summed E-state index contributed by atoms with van der Waals surface area (Å²) < 4.78 is -0.231. The van der Waals surface area contributed by atoms with Crippen molar-refractivity contribution in [3.05, 3.63) is 103 Å². The topological polar surface area (TPSA) is 96.4 Å². The maximum atomic E-state index is 12.4. The van der Waals surface area contributed by atoms with Gasteiger partial charge in [0, 0.05) is 41.3 Å². The van der Waals surface area contributed by atoms with Crippen molar-refractivity contribution in [3.8, 4) is 0 Å². The maximum Gasteiger partial charge on any atom is 0.327 e. The van der Waals surface area contributed by atoms with Gasteiger partial charge < -0.3 is 10.4 Å². The highest BCUT2D eigenvalue weighted by atomic mass is 33.1. The lowest BCUT2D eigenvalue weighted by molar-refractivity contribution is -0.141. The van der Waals surface area contributed by atoms with E-state index in [0.717, 1.165) is 38.5 Å². The van der Waals surface area contributed by atoms with Gasteiger partial charge >= 0.3 is 5.97 Å². The number of allylic oxidation sites excluding steroid dienone is 12. The molecule has 0 aliphatic heterocycles. The third-order valence-corrected chi connectivity index (χ3v) is 9.58. The number of carboxylic acids is 1. The second-order valence-corrected chi connectivity index (χ2v) is 13.8. The molecule has 0 aliphatic carbocycles. The quantitative estimate of drug-likeness (QED) is 0.0662. The van der Waals surface area contributed by atoms with Crippen molar-refractivity contribution in [1.29, 1.82) is 0 Å². The molecule has 0 aromatic carbocycles. The molecule has 1 atom stereocenters. The van der Waals surface area contributed by atoms with Crippen molar-refractivity contribution in [3.63, 3.8) is 0 Å². The Morgan fingerprint density at radius 1 is 0.864 bits per heavy atom. The van der Waals surface area contributed by atoms with Gasteiger partial charge in [0.05, 0.1) is 0 Å². The molecule has 8 heteroatoms. The van der Waals surface area contributed by atoms with Gasteiger partial charge in [0.2, 0.25) is 5.91 Å². The predicted molar refractivity (Wildman–Crippen MR) is 189 cm³/mol. The first-order chi connectivity index (χ1) is 21.2. The summed E-state index contributed by atoms with van der Waals surface area (Å²) in [5.74, 6) is -1.04. The summed E-state index contributed by atoms with van der Waals surface area (Å²) in [6.07, 6.45) is 36.4. The summed E-state index contributed by atoms with van der Waals surface area (Å²) >= 11 is 0. The minimum absolute atomic E-state index is 0.0411. The highest BCUT2D eigenvalue weighted by molar-refractivity contribution is 8.77. The number of carboxylic acid groups (broad SMARTS) is 1. The molecule has 0 spiro atoms. The van der Waals surface area contributed by atoms with Gasteiger partial charge in [0.1, 0.15) is 6.04 Å². The number of hydrogen-bond donors (Lipinski definition) is 2. The van der Waals surface area contributed by atoms with Gasteiger partial charge in [-0.1, -0.05) is 101 Å². The molecule has 44 heavy (non-hydrogen) atoms. The van der Waals surface area contributed by atoms with Crippen LogP contribution in [0, 0.1) is 0 Å². The van der Waals surface area contributed by atoms with Crippen molar-refractivity contribution < 1.29 is 19.5 Å². The molecule has 0 aliphatic rings. The van der Waals surface area contributed by atoms with E-state index in [4.69, 9.17) is 0 Å². The smallest absolute Gasteiger partial charge is 0.327 e. The summed E-state index contributed by atoms with van der Waals surface area (Å²) in [6, 6.07) is 2.54. The second-order valence-electron chi connectivity index (χ2n) is 10.7. The molecular formula is C36H50N2O4S2. The van der Waals surface area contributed by atoms with Crippen LogP contribution in [0.1, 0.15) is 95.3 Å². The first-order valence-electron chi connectivity index (χ1n) is 15.4. The second kappa shape index (κ2) is 25.2. The lowest BCUT2D eigenvalue weighted by atomic mass is 10.0. The number of pyridine rings is 1. The Labute approximate surface area is 272 Å². The first kappa shape index (κ1) is 38.9. The van der Waals surface area contributed by atoms with E-state index in [-0.39, 0.29) is 28.6 Å². The molecule has 0 saturated carbocycles. The normalized spacial score (nSPS) is 13.3. The molecule has 0 unspecified atom stereocenters. The molecule has 0 bridgehead atoms. The fourth-order valence-corrected chi connectivity index (χ4v) is 6.44. The lowest BCUT2D eigenvalue weighted by Gasteiger charge is -2.23. The first-order valence-corrected chi connectivity index (χ1v) is 17.7. The van der Waals surface area contributed by atoms with Crippen LogP contribution in [0.5, 0.6) is 0 Å². The van der Waals surface area contributed by atoms with E-state index in [1.807, 2.05) is 26.0 Å². The van der Waals surface area contributed by atoms with Gasteiger partial charge in [-0.3, -0.25) is 14.6 Å². The van der Waals surface area contributed by atoms with Gasteiger partial charge in [-0.15, -0.1) is 0 Å². The summed E-state index contributed by atoms with van der Waals surface area (Å²) in [7, 11) is 2.94. The summed E-state index contributed by atoms with van der Waals surface area (Å²) in [5, 5.41) is 12.2. The van der Waals surface area contributed by atoms with Crippen LogP contribution in [-0.4, -0.2) is 44.3 Å². The number of nitrogens with zero attached hydrogens (tertiary/aromatic N) is 1. The average Bonchev–Trinajstić information content (AvgIpc) is 3.00. The molecule has 0 fully saturated rings. The Bertz CT molecular complexity index is 1140. The molecule has 0 radical (unpaired) electrons. The number of aromatic nitrogens is 1. The molecule has 240 valence electrons. The van der Waals surface area contributed by atoms with Crippen molar-refractivity contribution in [2.45, 2.75) is 95.8 Å². The Morgan fingerprint density at radius 3 is 1.91 bits per heavy atom. The van der Waals surface area contributed by atoms with Crippen LogP contribution in [0.3, 0.4) is 0 Å². The number of ketones is 1. The van der Waals surface area contributed by atoms with Crippen molar-refractivity contribution in [1.82, 2.24) is 10.3 Å². The predicted octanol–water partition coefficient (Wildman–Crippen LogP) is 9.25. The molecule has 1 amide bonds. The number of carbonyl (C=O) groups is 3. The number of amides is 1. The van der Waals surface area contributed by atoms with Crippen LogP contribution in [0.4, 0.5) is 0 Å². The number of carbonyl (C=O) groups excluding carboxylic acids is 2. The third-order valence-electron chi connectivity index (χ3n) is 6.22.